The molecule has 2 atom stereocenters. The zero-order valence-electron chi connectivity index (χ0n) is 13.3. The summed E-state index contributed by atoms with van der Waals surface area (Å²) in [7, 11) is 3.24. The van der Waals surface area contributed by atoms with E-state index in [0.717, 1.165) is 22.9 Å². The predicted molar refractivity (Wildman–Crippen MR) is 88.3 cm³/mol. The Morgan fingerprint density at radius 3 is 2.70 bits per heavy atom. The summed E-state index contributed by atoms with van der Waals surface area (Å²) in [6, 6.07) is 8.10. The number of pyridine rings is 1. The van der Waals surface area contributed by atoms with Gasteiger partial charge in [-0.3, -0.25) is 4.98 Å². The van der Waals surface area contributed by atoms with Crippen LogP contribution in [-0.4, -0.2) is 24.9 Å². The standard InChI is InChI=1S/C18H19N3O2/c1-22-16-8-11-5-6-21-18(14(11)9-17(16)23-2)12-3-4-15(20)13(7-12)10-19/h5-6,8-9,12-13,20H,3-4,7H2,1-2H3. The molecule has 0 radical (unpaired) electrons. The van der Waals surface area contributed by atoms with Gasteiger partial charge in [-0.05, 0) is 42.8 Å². The lowest BCUT2D eigenvalue weighted by Crippen LogP contribution is -2.22. The van der Waals surface area contributed by atoms with Gasteiger partial charge in [0.15, 0.2) is 11.5 Å². The third kappa shape index (κ3) is 2.72. The van der Waals surface area contributed by atoms with Crippen LogP contribution in [0.2, 0.25) is 0 Å². The summed E-state index contributed by atoms with van der Waals surface area (Å²) in [6.45, 7) is 0. The zero-order valence-corrected chi connectivity index (χ0v) is 13.3. The van der Waals surface area contributed by atoms with E-state index in [1.165, 1.54) is 0 Å². The summed E-state index contributed by atoms with van der Waals surface area (Å²) in [5.41, 5.74) is 1.53. The van der Waals surface area contributed by atoms with E-state index in [9.17, 15) is 5.26 Å². The molecular formula is C18H19N3O2. The number of nitriles is 1. The first kappa shape index (κ1) is 15.3. The van der Waals surface area contributed by atoms with Gasteiger partial charge in [-0.1, -0.05) is 0 Å². The first-order valence-electron chi connectivity index (χ1n) is 7.65. The molecular weight excluding hydrogens is 290 g/mol. The number of hydrogen-bond acceptors (Lipinski definition) is 5. The van der Waals surface area contributed by atoms with E-state index in [1.54, 1.807) is 20.4 Å². The van der Waals surface area contributed by atoms with Gasteiger partial charge in [-0.2, -0.15) is 5.26 Å². The highest BCUT2D eigenvalue weighted by molar-refractivity contribution is 5.90. The maximum atomic E-state index is 9.24. The fourth-order valence-corrected chi connectivity index (χ4v) is 3.27. The molecule has 1 saturated carbocycles. The molecule has 118 valence electrons. The Morgan fingerprint density at radius 2 is 2.00 bits per heavy atom. The van der Waals surface area contributed by atoms with E-state index in [0.29, 0.717) is 30.1 Å². The van der Waals surface area contributed by atoms with Crippen molar-refractivity contribution in [2.45, 2.75) is 25.2 Å². The lowest BCUT2D eigenvalue weighted by molar-refractivity contribution is 0.356. The topological polar surface area (TPSA) is 79.0 Å². The van der Waals surface area contributed by atoms with Crippen molar-refractivity contribution in [3.05, 3.63) is 30.1 Å². The van der Waals surface area contributed by atoms with Gasteiger partial charge in [-0.15, -0.1) is 0 Å². The minimum Gasteiger partial charge on any atom is -0.493 e. The molecule has 5 nitrogen and oxygen atoms in total. The molecule has 0 saturated heterocycles. The maximum absolute atomic E-state index is 9.24. The molecule has 23 heavy (non-hydrogen) atoms. The van der Waals surface area contributed by atoms with Crippen molar-refractivity contribution in [2.75, 3.05) is 14.2 Å². The van der Waals surface area contributed by atoms with Crippen molar-refractivity contribution < 1.29 is 9.47 Å². The zero-order chi connectivity index (χ0) is 16.4. The molecule has 0 aliphatic heterocycles. The highest BCUT2D eigenvalue weighted by atomic mass is 16.5. The van der Waals surface area contributed by atoms with Gasteiger partial charge in [0.05, 0.1) is 31.9 Å². The van der Waals surface area contributed by atoms with Crippen LogP contribution < -0.4 is 9.47 Å². The van der Waals surface area contributed by atoms with E-state index in [1.807, 2.05) is 18.2 Å². The van der Waals surface area contributed by atoms with Crippen LogP contribution in [0.15, 0.2) is 24.4 Å². The molecule has 1 aromatic carbocycles. The Hall–Kier alpha value is -2.61. The van der Waals surface area contributed by atoms with Gasteiger partial charge >= 0.3 is 0 Å². The number of benzene rings is 1. The van der Waals surface area contributed by atoms with Gasteiger partial charge in [0.2, 0.25) is 0 Å². The maximum Gasteiger partial charge on any atom is 0.161 e. The quantitative estimate of drug-likeness (QED) is 0.938. The highest BCUT2D eigenvalue weighted by Crippen LogP contribution is 2.39. The smallest absolute Gasteiger partial charge is 0.161 e. The normalized spacial score (nSPS) is 21.0. The third-order valence-electron chi connectivity index (χ3n) is 4.54. The van der Waals surface area contributed by atoms with Crippen molar-refractivity contribution in [1.82, 2.24) is 4.98 Å². The van der Waals surface area contributed by atoms with Gasteiger partial charge in [0, 0.05) is 23.2 Å². The van der Waals surface area contributed by atoms with Crippen molar-refractivity contribution in [1.29, 1.82) is 10.7 Å². The second-order valence-corrected chi connectivity index (χ2v) is 5.80. The van der Waals surface area contributed by atoms with Crippen LogP contribution in [0, 0.1) is 22.7 Å². The molecule has 1 fully saturated rings. The van der Waals surface area contributed by atoms with E-state index < -0.39 is 0 Å². The molecule has 2 aromatic rings. The largest absolute Gasteiger partial charge is 0.493 e. The fourth-order valence-electron chi connectivity index (χ4n) is 3.27. The molecule has 5 heteroatoms. The van der Waals surface area contributed by atoms with Gasteiger partial charge in [0.25, 0.3) is 0 Å². The Morgan fingerprint density at radius 1 is 1.26 bits per heavy atom. The summed E-state index contributed by atoms with van der Waals surface area (Å²) in [5, 5.41) is 19.2. The molecule has 1 heterocycles. The second-order valence-electron chi connectivity index (χ2n) is 5.80. The second kappa shape index (κ2) is 6.25. The first-order chi connectivity index (χ1) is 11.2. The molecule has 1 aromatic heterocycles. The summed E-state index contributed by atoms with van der Waals surface area (Å²) in [4.78, 5) is 4.58. The molecule has 1 aliphatic rings. The lowest BCUT2D eigenvalue weighted by Gasteiger charge is -2.26. The van der Waals surface area contributed by atoms with Crippen molar-refractivity contribution in [3.8, 4) is 17.6 Å². The molecule has 0 amide bonds. The van der Waals surface area contributed by atoms with E-state index >= 15 is 0 Å². The Bertz CT molecular complexity index is 795. The average molecular weight is 309 g/mol. The van der Waals surface area contributed by atoms with Crippen LogP contribution in [0.3, 0.4) is 0 Å². The number of aromatic nitrogens is 1. The van der Waals surface area contributed by atoms with E-state index in [4.69, 9.17) is 14.9 Å². The summed E-state index contributed by atoms with van der Waals surface area (Å²) in [6.07, 6.45) is 3.98. The number of nitrogens with zero attached hydrogens (tertiary/aromatic N) is 2. The van der Waals surface area contributed by atoms with Crippen LogP contribution in [0.4, 0.5) is 0 Å². The van der Waals surface area contributed by atoms with Crippen molar-refractivity contribution in [3.63, 3.8) is 0 Å². The summed E-state index contributed by atoms with van der Waals surface area (Å²) in [5.74, 6) is 1.26. The Kier molecular flexibility index (Phi) is 4.16. The van der Waals surface area contributed by atoms with E-state index in [-0.39, 0.29) is 11.8 Å². The van der Waals surface area contributed by atoms with Gasteiger partial charge in [0.1, 0.15) is 0 Å². The SMILES string of the molecule is COc1cc2ccnc(C3CCC(=N)C(C#N)C3)c2cc1OC. The van der Waals surface area contributed by atoms with E-state index in [2.05, 4.69) is 11.1 Å². The molecule has 3 rings (SSSR count). The Balaban J connectivity index is 2.07. The summed E-state index contributed by atoms with van der Waals surface area (Å²) >= 11 is 0. The third-order valence-corrected chi connectivity index (χ3v) is 4.54. The van der Waals surface area contributed by atoms with Crippen LogP contribution >= 0.6 is 0 Å². The molecule has 1 aliphatic carbocycles. The number of methoxy groups -OCH3 is 2. The number of nitrogens with one attached hydrogen (secondary N) is 1. The number of rotatable bonds is 3. The summed E-state index contributed by atoms with van der Waals surface area (Å²) < 4.78 is 10.8. The van der Waals surface area contributed by atoms with Crippen molar-refractivity contribution in [2.24, 2.45) is 5.92 Å². The number of ether oxygens (including phenoxy) is 2. The first-order valence-corrected chi connectivity index (χ1v) is 7.65. The highest BCUT2D eigenvalue weighted by Gasteiger charge is 2.29. The minimum atomic E-state index is -0.300. The van der Waals surface area contributed by atoms with Crippen LogP contribution in [0.5, 0.6) is 11.5 Å². The number of fused-ring (bicyclic) bond motifs is 1. The number of hydrogen-bond donors (Lipinski definition) is 1. The fraction of sp³-hybridized carbons (Fsp3) is 0.389. The minimum absolute atomic E-state index is 0.190. The monoisotopic (exact) mass is 309 g/mol. The van der Waals surface area contributed by atoms with Crippen LogP contribution in [0.25, 0.3) is 10.8 Å². The molecule has 1 N–H and O–H groups in total. The lowest BCUT2D eigenvalue weighted by atomic mass is 9.78. The van der Waals surface area contributed by atoms with Gasteiger partial charge < -0.3 is 14.9 Å². The molecule has 0 bridgehead atoms. The molecule has 2 unspecified atom stereocenters. The van der Waals surface area contributed by atoms with Crippen LogP contribution in [-0.2, 0) is 0 Å². The van der Waals surface area contributed by atoms with Crippen molar-refractivity contribution >= 4 is 16.5 Å². The predicted octanol–water partition coefficient (Wildman–Crippen LogP) is 3.68. The Labute approximate surface area is 135 Å². The molecule has 0 spiro atoms. The van der Waals surface area contributed by atoms with Gasteiger partial charge in [-0.25, -0.2) is 0 Å². The average Bonchev–Trinajstić information content (AvgIpc) is 2.60. The van der Waals surface area contributed by atoms with Crippen LogP contribution in [0.1, 0.15) is 30.9 Å².